The van der Waals surface area contributed by atoms with Crippen molar-refractivity contribution in [2.45, 2.75) is 46.7 Å². The second-order valence-electron chi connectivity index (χ2n) is 4.89. The molecule has 0 aliphatic carbocycles. The van der Waals surface area contributed by atoms with Crippen molar-refractivity contribution in [3.63, 3.8) is 0 Å². The summed E-state index contributed by atoms with van der Waals surface area (Å²) in [7, 11) is 0. The number of amides is 1. The Morgan fingerprint density at radius 1 is 1.45 bits per heavy atom. The fourth-order valence-corrected chi connectivity index (χ4v) is 2.01. The van der Waals surface area contributed by atoms with Crippen LogP contribution in [0.15, 0.2) is 9.32 Å². The third-order valence-corrected chi connectivity index (χ3v) is 3.25. The highest BCUT2D eigenvalue weighted by Gasteiger charge is 2.16. The number of carbonyl (C=O) groups is 1. The molecule has 0 radical (unpaired) electrons. The maximum Gasteiger partial charge on any atom is 0.297 e. The molecule has 0 aliphatic heterocycles. The molecule has 0 aromatic carbocycles. The van der Waals surface area contributed by atoms with Crippen LogP contribution in [0.25, 0.3) is 10.9 Å². The minimum Gasteiger partial charge on any atom is -0.360 e. The molecule has 7 nitrogen and oxygen atoms in total. The van der Waals surface area contributed by atoms with Gasteiger partial charge in [-0.3, -0.25) is 9.59 Å². The summed E-state index contributed by atoms with van der Waals surface area (Å²) in [4.78, 5) is 24.0. The second-order valence-corrected chi connectivity index (χ2v) is 4.89. The van der Waals surface area contributed by atoms with Gasteiger partial charge in [-0.05, 0) is 27.2 Å². The highest BCUT2D eigenvalue weighted by molar-refractivity contribution is 5.82. The van der Waals surface area contributed by atoms with Crippen molar-refractivity contribution in [3.8, 4) is 0 Å². The fraction of sp³-hybridized carbons (Fsp3) is 0.538. The summed E-state index contributed by atoms with van der Waals surface area (Å²) in [5.41, 5.74) is 0.419. The van der Waals surface area contributed by atoms with E-state index in [0.29, 0.717) is 16.8 Å². The number of aromatic nitrogens is 3. The van der Waals surface area contributed by atoms with Crippen molar-refractivity contribution < 1.29 is 9.32 Å². The van der Waals surface area contributed by atoms with E-state index in [-0.39, 0.29) is 24.0 Å². The fourth-order valence-electron chi connectivity index (χ4n) is 2.01. The minimum absolute atomic E-state index is 0.0670. The molecular weight excluding hydrogens is 260 g/mol. The lowest BCUT2D eigenvalue weighted by Gasteiger charge is -2.12. The molecule has 0 saturated heterocycles. The number of rotatable bonds is 4. The minimum atomic E-state index is -0.415. The zero-order chi connectivity index (χ0) is 14.9. The molecule has 2 rings (SSSR count). The zero-order valence-corrected chi connectivity index (χ0v) is 12.1. The highest BCUT2D eigenvalue weighted by Crippen LogP contribution is 2.16. The first kappa shape index (κ1) is 14.2. The van der Waals surface area contributed by atoms with Gasteiger partial charge in [0.05, 0.1) is 11.1 Å². The Balaban J connectivity index is 2.34. The normalized spacial score (nSPS) is 12.6. The number of nitrogens with one attached hydrogen (secondary N) is 1. The summed E-state index contributed by atoms with van der Waals surface area (Å²) in [6.07, 6.45) is 0.828. The van der Waals surface area contributed by atoms with Crippen LogP contribution < -0.4 is 10.9 Å². The SMILES string of the molecule is CC[C@@H](C)NC(=O)Cn1nc(C)c2c(C)onc2c1=O. The molecule has 2 aromatic heterocycles. The number of aryl methyl sites for hydroxylation is 2. The van der Waals surface area contributed by atoms with Gasteiger partial charge in [-0.1, -0.05) is 12.1 Å². The Hall–Kier alpha value is -2.18. The summed E-state index contributed by atoms with van der Waals surface area (Å²) in [5, 5.41) is 11.3. The average molecular weight is 278 g/mol. The zero-order valence-electron chi connectivity index (χ0n) is 12.1. The Kier molecular flexibility index (Phi) is 3.87. The maximum absolute atomic E-state index is 12.2. The standard InChI is InChI=1S/C13H18N4O3/c1-5-7(2)14-10(18)6-17-13(19)12-11(8(3)15-17)9(4)20-16-12/h7H,5-6H2,1-4H3,(H,14,18)/t7-/m1/s1. The van der Waals surface area contributed by atoms with E-state index in [2.05, 4.69) is 15.6 Å². The van der Waals surface area contributed by atoms with Crippen LogP contribution in [0.3, 0.4) is 0 Å². The van der Waals surface area contributed by atoms with Crippen molar-refractivity contribution in [1.82, 2.24) is 20.3 Å². The van der Waals surface area contributed by atoms with Gasteiger partial charge in [-0.25, -0.2) is 4.68 Å². The predicted molar refractivity (Wildman–Crippen MR) is 73.4 cm³/mol. The Morgan fingerprint density at radius 3 is 2.80 bits per heavy atom. The van der Waals surface area contributed by atoms with Gasteiger partial charge >= 0.3 is 0 Å². The Labute approximate surface area is 115 Å². The van der Waals surface area contributed by atoms with E-state index in [0.717, 1.165) is 11.1 Å². The lowest BCUT2D eigenvalue weighted by atomic mass is 10.2. The van der Waals surface area contributed by atoms with E-state index in [9.17, 15) is 9.59 Å². The van der Waals surface area contributed by atoms with Gasteiger partial charge in [0, 0.05) is 6.04 Å². The molecule has 2 heterocycles. The van der Waals surface area contributed by atoms with Gasteiger partial charge in [0.25, 0.3) is 5.56 Å². The van der Waals surface area contributed by atoms with E-state index in [4.69, 9.17) is 4.52 Å². The maximum atomic E-state index is 12.2. The first-order valence-electron chi connectivity index (χ1n) is 6.57. The smallest absolute Gasteiger partial charge is 0.297 e. The molecule has 1 N–H and O–H groups in total. The average Bonchev–Trinajstić information content (AvgIpc) is 2.78. The Morgan fingerprint density at radius 2 is 2.15 bits per heavy atom. The molecule has 0 saturated carbocycles. The van der Waals surface area contributed by atoms with Gasteiger partial charge < -0.3 is 9.84 Å². The van der Waals surface area contributed by atoms with E-state index in [1.807, 2.05) is 13.8 Å². The summed E-state index contributed by atoms with van der Waals surface area (Å²) < 4.78 is 6.14. The van der Waals surface area contributed by atoms with Crippen molar-refractivity contribution in [2.75, 3.05) is 0 Å². The van der Waals surface area contributed by atoms with Gasteiger partial charge in [0.2, 0.25) is 5.91 Å². The molecule has 0 bridgehead atoms. The van der Waals surface area contributed by atoms with Crippen LogP contribution in [0.1, 0.15) is 31.7 Å². The lowest BCUT2D eigenvalue weighted by molar-refractivity contribution is -0.122. The summed E-state index contributed by atoms with van der Waals surface area (Å²) in [5.74, 6) is 0.311. The molecule has 0 fully saturated rings. The van der Waals surface area contributed by atoms with Crippen LogP contribution in [0.4, 0.5) is 0 Å². The monoisotopic (exact) mass is 278 g/mol. The number of hydrogen-bond acceptors (Lipinski definition) is 5. The third kappa shape index (κ3) is 2.56. The van der Waals surface area contributed by atoms with Crippen LogP contribution in [0, 0.1) is 13.8 Å². The first-order valence-corrected chi connectivity index (χ1v) is 6.57. The highest BCUT2D eigenvalue weighted by atomic mass is 16.5. The van der Waals surface area contributed by atoms with Crippen molar-refractivity contribution in [3.05, 3.63) is 21.8 Å². The summed E-state index contributed by atoms with van der Waals surface area (Å²) in [6, 6.07) is 0.0670. The predicted octanol–water partition coefficient (Wildman–Crippen LogP) is 0.916. The topological polar surface area (TPSA) is 90.0 Å². The van der Waals surface area contributed by atoms with E-state index in [1.54, 1.807) is 13.8 Å². The summed E-state index contributed by atoms with van der Waals surface area (Å²) >= 11 is 0. The quantitative estimate of drug-likeness (QED) is 0.898. The van der Waals surface area contributed by atoms with Gasteiger partial charge in [0.15, 0.2) is 5.52 Å². The van der Waals surface area contributed by atoms with Crippen LogP contribution >= 0.6 is 0 Å². The molecule has 0 aliphatic rings. The molecule has 20 heavy (non-hydrogen) atoms. The van der Waals surface area contributed by atoms with E-state index < -0.39 is 5.56 Å². The van der Waals surface area contributed by atoms with E-state index >= 15 is 0 Å². The Bertz CT molecular complexity index is 701. The summed E-state index contributed by atoms with van der Waals surface area (Å²) in [6.45, 7) is 7.25. The first-order chi connectivity index (χ1) is 9.43. The van der Waals surface area contributed by atoms with Crippen molar-refractivity contribution in [2.24, 2.45) is 0 Å². The molecule has 0 unspecified atom stereocenters. The largest absolute Gasteiger partial charge is 0.360 e. The second kappa shape index (κ2) is 5.44. The van der Waals surface area contributed by atoms with Crippen LogP contribution in [0.5, 0.6) is 0 Å². The molecule has 2 aromatic rings. The van der Waals surface area contributed by atoms with Gasteiger partial charge in [0.1, 0.15) is 12.3 Å². The number of nitrogens with zero attached hydrogens (tertiary/aromatic N) is 3. The lowest BCUT2D eigenvalue weighted by Crippen LogP contribution is -2.38. The third-order valence-electron chi connectivity index (χ3n) is 3.25. The van der Waals surface area contributed by atoms with E-state index in [1.165, 1.54) is 0 Å². The van der Waals surface area contributed by atoms with Gasteiger partial charge in [-0.2, -0.15) is 5.10 Å². The van der Waals surface area contributed by atoms with Crippen molar-refractivity contribution in [1.29, 1.82) is 0 Å². The van der Waals surface area contributed by atoms with Crippen LogP contribution in [0.2, 0.25) is 0 Å². The number of carbonyl (C=O) groups excluding carboxylic acids is 1. The molecule has 108 valence electrons. The molecule has 1 amide bonds. The van der Waals surface area contributed by atoms with Crippen LogP contribution in [-0.4, -0.2) is 26.9 Å². The molecule has 0 spiro atoms. The van der Waals surface area contributed by atoms with Crippen LogP contribution in [-0.2, 0) is 11.3 Å². The number of fused-ring (bicyclic) bond motifs is 1. The number of hydrogen-bond donors (Lipinski definition) is 1. The van der Waals surface area contributed by atoms with Gasteiger partial charge in [-0.15, -0.1) is 0 Å². The van der Waals surface area contributed by atoms with Crippen molar-refractivity contribution >= 4 is 16.8 Å². The molecule has 1 atom stereocenters. The molecular formula is C13H18N4O3. The molecule has 7 heteroatoms.